The molecule has 2 rings (SSSR count). The predicted octanol–water partition coefficient (Wildman–Crippen LogP) is 0.626. The molecule has 0 atom stereocenters. The molecular weight excluding hydrogens is 194 g/mol. The first kappa shape index (κ1) is 8.73. The van der Waals surface area contributed by atoms with Gasteiger partial charge in [0.2, 0.25) is 0 Å². The van der Waals surface area contributed by atoms with E-state index in [-0.39, 0.29) is 0 Å². The molecule has 0 fully saturated rings. The van der Waals surface area contributed by atoms with Crippen molar-refractivity contribution in [2.45, 2.75) is 0 Å². The molecule has 3 nitrogen and oxygen atoms in total. The Hall–Kier alpha value is -1.86. The van der Waals surface area contributed by atoms with E-state index in [0.717, 1.165) is 15.7 Å². The van der Waals surface area contributed by atoms with Crippen molar-refractivity contribution in [1.29, 1.82) is 5.26 Å². The van der Waals surface area contributed by atoms with Crippen molar-refractivity contribution in [1.82, 2.24) is 9.55 Å². The van der Waals surface area contributed by atoms with Crippen molar-refractivity contribution in [2.24, 2.45) is 0 Å². The smallest absolute Gasteiger partial charge is 0.195 e. The first-order valence-electron chi connectivity index (χ1n) is 3.93. The molecular formula is C10H7N3S. The minimum atomic E-state index is 0.434. The molecule has 68 valence electrons. The lowest BCUT2D eigenvalue weighted by molar-refractivity contribution is 1.01. The van der Waals surface area contributed by atoms with Crippen LogP contribution in [0.3, 0.4) is 0 Å². The maximum absolute atomic E-state index is 8.63. The van der Waals surface area contributed by atoms with Crippen molar-refractivity contribution in [2.75, 3.05) is 0 Å². The van der Waals surface area contributed by atoms with Crippen molar-refractivity contribution in [3.8, 4) is 11.2 Å². The van der Waals surface area contributed by atoms with Crippen LogP contribution in [-0.2, 0) is 0 Å². The fraction of sp³-hybridized carbons (Fsp3) is 0. The predicted molar refractivity (Wildman–Crippen MR) is 56.5 cm³/mol. The molecule has 0 aliphatic carbocycles. The fourth-order valence-corrected chi connectivity index (χ4v) is 1.87. The molecule has 0 saturated carbocycles. The number of aromatic nitrogens is 2. The van der Waals surface area contributed by atoms with Crippen LogP contribution >= 0.6 is 11.3 Å². The maximum atomic E-state index is 8.63. The monoisotopic (exact) mass is 201 g/mol. The normalized spacial score (nSPS) is 9.93. The zero-order valence-electron chi connectivity index (χ0n) is 7.40. The van der Waals surface area contributed by atoms with Crippen LogP contribution in [-0.4, -0.2) is 9.55 Å². The molecule has 0 radical (unpaired) electrons. The molecule has 0 aliphatic rings. The minimum absolute atomic E-state index is 0.434. The summed E-state index contributed by atoms with van der Waals surface area (Å²) in [6.07, 6.45) is 1.85. The highest BCUT2D eigenvalue weighted by Crippen LogP contribution is 2.11. The molecule has 4 heteroatoms. The highest BCUT2D eigenvalue weighted by Gasteiger charge is 2.03. The van der Waals surface area contributed by atoms with Gasteiger partial charge in [-0.3, -0.25) is 4.57 Å². The van der Waals surface area contributed by atoms with Crippen LogP contribution in [0.2, 0.25) is 0 Å². The van der Waals surface area contributed by atoms with Crippen LogP contribution in [0.25, 0.3) is 18.3 Å². The lowest BCUT2D eigenvalue weighted by atomic mass is 10.5. The average Bonchev–Trinajstić information content (AvgIpc) is 2.75. The summed E-state index contributed by atoms with van der Waals surface area (Å²) < 4.78 is 1.83. The number of nitrogens with zero attached hydrogens (tertiary/aromatic N) is 3. The fourth-order valence-electron chi connectivity index (χ4n) is 1.11. The number of hydrogen-bond acceptors (Lipinski definition) is 3. The molecule has 2 heterocycles. The van der Waals surface area contributed by atoms with Crippen LogP contribution in [0.4, 0.5) is 0 Å². The Morgan fingerprint density at radius 1 is 1.50 bits per heavy atom. The third kappa shape index (κ3) is 1.24. The van der Waals surface area contributed by atoms with Gasteiger partial charge in [-0.25, -0.2) is 4.98 Å². The summed E-state index contributed by atoms with van der Waals surface area (Å²) in [6, 6.07) is 3.86. The van der Waals surface area contributed by atoms with Gasteiger partial charge in [0, 0.05) is 16.9 Å². The van der Waals surface area contributed by atoms with Gasteiger partial charge in [0.1, 0.15) is 6.07 Å². The second-order valence-electron chi connectivity index (χ2n) is 2.78. The van der Waals surface area contributed by atoms with E-state index in [9.17, 15) is 0 Å². The zero-order chi connectivity index (χ0) is 10.1. The van der Waals surface area contributed by atoms with Crippen LogP contribution < -0.4 is 10.6 Å². The standard InChI is InChI=1S/C10H7N3S/c1-7-3-4-13(8(7)2)10-12-9(5-11)6-14-10/h3-4,6H,1-2H2. The molecule has 0 unspecified atom stereocenters. The first-order chi connectivity index (χ1) is 6.72. The van der Waals surface area contributed by atoms with Crippen molar-refractivity contribution >= 4 is 24.5 Å². The Morgan fingerprint density at radius 2 is 2.29 bits per heavy atom. The van der Waals surface area contributed by atoms with E-state index in [1.807, 2.05) is 22.9 Å². The lowest BCUT2D eigenvalue weighted by Gasteiger charge is -1.94. The number of nitriles is 1. The highest BCUT2D eigenvalue weighted by atomic mass is 32.1. The quantitative estimate of drug-likeness (QED) is 0.679. The molecule has 2 aromatic heterocycles. The minimum Gasteiger partial charge on any atom is -0.293 e. The molecule has 0 spiro atoms. The van der Waals surface area contributed by atoms with Crippen molar-refractivity contribution < 1.29 is 0 Å². The first-order valence-corrected chi connectivity index (χ1v) is 4.81. The summed E-state index contributed by atoms with van der Waals surface area (Å²) in [7, 11) is 0. The maximum Gasteiger partial charge on any atom is 0.195 e. The molecule has 14 heavy (non-hydrogen) atoms. The summed E-state index contributed by atoms with van der Waals surface area (Å²) in [5, 5.41) is 12.8. The summed E-state index contributed by atoms with van der Waals surface area (Å²) in [5.74, 6) is 0. The summed E-state index contributed by atoms with van der Waals surface area (Å²) in [4.78, 5) is 4.13. The Kier molecular flexibility index (Phi) is 1.95. The van der Waals surface area contributed by atoms with Gasteiger partial charge in [0.25, 0.3) is 0 Å². The van der Waals surface area contributed by atoms with Crippen molar-refractivity contribution in [3.05, 3.63) is 33.9 Å². The van der Waals surface area contributed by atoms with Crippen LogP contribution in [0.15, 0.2) is 17.6 Å². The molecule has 0 aromatic carbocycles. The van der Waals surface area contributed by atoms with E-state index in [0.29, 0.717) is 5.69 Å². The topological polar surface area (TPSA) is 41.6 Å². The van der Waals surface area contributed by atoms with Crippen molar-refractivity contribution in [3.63, 3.8) is 0 Å². The molecule has 0 bridgehead atoms. The molecule has 0 saturated heterocycles. The van der Waals surface area contributed by atoms with Gasteiger partial charge >= 0.3 is 0 Å². The molecule has 0 aliphatic heterocycles. The Balaban J connectivity index is 2.62. The number of rotatable bonds is 1. The van der Waals surface area contributed by atoms with E-state index in [1.54, 1.807) is 5.38 Å². The van der Waals surface area contributed by atoms with Gasteiger partial charge in [-0.05, 0) is 11.3 Å². The SMILES string of the molecule is C=c1ccn(-c2nc(C#N)cs2)c1=C. The average molecular weight is 201 g/mol. The van der Waals surface area contributed by atoms with Crippen LogP contribution in [0.5, 0.6) is 0 Å². The second-order valence-corrected chi connectivity index (χ2v) is 3.62. The number of thiazole rings is 1. The van der Waals surface area contributed by atoms with E-state index in [2.05, 4.69) is 18.1 Å². The molecule has 0 N–H and O–H groups in total. The van der Waals surface area contributed by atoms with Gasteiger partial charge in [0.15, 0.2) is 10.8 Å². The lowest BCUT2D eigenvalue weighted by Crippen LogP contribution is -2.24. The van der Waals surface area contributed by atoms with E-state index in [4.69, 9.17) is 5.26 Å². The van der Waals surface area contributed by atoms with Crippen LogP contribution in [0.1, 0.15) is 5.69 Å². The Morgan fingerprint density at radius 3 is 2.79 bits per heavy atom. The Labute approximate surface area is 84.9 Å². The third-order valence-corrected chi connectivity index (χ3v) is 2.74. The zero-order valence-corrected chi connectivity index (χ0v) is 8.21. The van der Waals surface area contributed by atoms with Gasteiger partial charge in [-0.2, -0.15) is 5.26 Å². The summed E-state index contributed by atoms with van der Waals surface area (Å²) in [5.41, 5.74) is 0.434. The largest absolute Gasteiger partial charge is 0.293 e. The summed E-state index contributed by atoms with van der Waals surface area (Å²) >= 11 is 1.42. The second kappa shape index (κ2) is 3.13. The van der Waals surface area contributed by atoms with Crippen LogP contribution in [0, 0.1) is 11.3 Å². The highest BCUT2D eigenvalue weighted by molar-refractivity contribution is 7.12. The molecule has 0 amide bonds. The molecule has 2 aromatic rings. The Bertz CT molecular complexity index is 600. The van der Waals surface area contributed by atoms with E-state index < -0.39 is 0 Å². The third-order valence-electron chi connectivity index (χ3n) is 1.90. The summed E-state index contributed by atoms with van der Waals surface area (Å²) in [6.45, 7) is 7.70. The van der Waals surface area contributed by atoms with Gasteiger partial charge < -0.3 is 0 Å². The van der Waals surface area contributed by atoms with E-state index in [1.165, 1.54) is 11.3 Å². The van der Waals surface area contributed by atoms with Gasteiger partial charge in [-0.15, -0.1) is 11.3 Å². The van der Waals surface area contributed by atoms with E-state index >= 15 is 0 Å². The van der Waals surface area contributed by atoms with Gasteiger partial charge in [-0.1, -0.05) is 13.2 Å². The van der Waals surface area contributed by atoms with Gasteiger partial charge in [0.05, 0.1) is 0 Å². The number of hydrogen-bond donors (Lipinski definition) is 0.